The number of Topliss-reactive ketones (excluding diaryl/α,β-unsaturated/α-hetero) is 1. The van der Waals surface area contributed by atoms with Gasteiger partial charge in [-0.3, -0.25) is 14.6 Å². The number of nitrogens with zero attached hydrogens (tertiary/aromatic N) is 2. The summed E-state index contributed by atoms with van der Waals surface area (Å²) in [7, 11) is 0. The van der Waals surface area contributed by atoms with Crippen molar-refractivity contribution in [2.45, 2.75) is 45.3 Å². The van der Waals surface area contributed by atoms with Crippen LogP contribution in [-0.2, 0) is 14.3 Å². The van der Waals surface area contributed by atoms with E-state index in [-0.39, 0.29) is 23.4 Å². The van der Waals surface area contributed by atoms with Gasteiger partial charge in [-0.25, -0.2) is 0 Å². The van der Waals surface area contributed by atoms with Crippen molar-refractivity contribution in [3.63, 3.8) is 0 Å². The molecule has 0 radical (unpaired) electrons. The molecule has 1 aromatic rings. The minimum absolute atomic E-state index is 0.0550. The quantitative estimate of drug-likeness (QED) is 0.858. The summed E-state index contributed by atoms with van der Waals surface area (Å²) in [6.45, 7) is 4.94. The summed E-state index contributed by atoms with van der Waals surface area (Å²) in [4.78, 5) is 31.0. The molecular weight excluding hydrogens is 320 g/mol. The Hall–Kier alpha value is -2.21. The molecule has 2 aliphatic rings. The molecule has 6 heteroatoms. The van der Waals surface area contributed by atoms with E-state index >= 15 is 0 Å². The van der Waals surface area contributed by atoms with Gasteiger partial charge in [-0.15, -0.1) is 0 Å². The lowest BCUT2D eigenvalue weighted by Gasteiger charge is -2.29. The maximum absolute atomic E-state index is 12.7. The van der Waals surface area contributed by atoms with Gasteiger partial charge in [-0.2, -0.15) is 0 Å². The highest BCUT2D eigenvalue weighted by Crippen LogP contribution is 2.39. The molecule has 2 unspecified atom stereocenters. The Balaban J connectivity index is 1.96. The number of ketones is 1. The third-order valence-electron chi connectivity index (χ3n) is 4.64. The van der Waals surface area contributed by atoms with Gasteiger partial charge in [0.15, 0.2) is 11.5 Å². The summed E-state index contributed by atoms with van der Waals surface area (Å²) in [6, 6.07) is 2.98. The van der Waals surface area contributed by atoms with E-state index in [1.54, 1.807) is 29.4 Å². The molecule has 0 bridgehead atoms. The van der Waals surface area contributed by atoms with Crippen LogP contribution < -0.4 is 0 Å². The third-order valence-corrected chi connectivity index (χ3v) is 4.64. The lowest BCUT2D eigenvalue weighted by Crippen LogP contribution is -2.37. The Morgan fingerprint density at radius 2 is 2.12 bits per heavy atom. The van der Waals surface area contributed by atoms with E-state index in [1.807, 2.05) is 13.8 Å². The number of hydrogen-bond acceptors (Lipinski definition) is 5. The van der Waals surface area contributed by atoms with Crippen LogP contribution in [0.4, 0.5) is 0 Å². The normalized spacial score (nSPS) is 23.8. The second kappa shape index (κ2) is 7.35. The highest BCUT2D eigenvalue weighted by molar-refractivity contribution is 6.09. The van der Waals surface area contributed by atoms with Crippen molar-refractivity contribution >= 4 is 11.7 Å². The van der Waals surface area contributed by atoms with Crippen LogP contribution in [0.3, 0.4) is 0 Å². The van der Waals surface area contributed by atoms with Crippen LogP contribution in [-0.4, -0.2) is 45.9 Å². The highest BCUT2D eigenvalue weighted by atomic mass is 16.5. The average molecular weight is 344 g/mol. The van der Waals surface area contributed by atoms with Gasteiger partial charge in [-0.1, -0.05) is 13.8 Å². The van der Waals surface area contributed by atoms with Crippen LogP contribution in [0.15, 0.2) is 35.9 Å². The second-order valence-electron chi connectivity index (χ2n) is 7.06. The minimum Gasteiger partial charge on any atom is -0.503 e. The van der Waals surface area contributed by atoms with Gasteiger partial charge in [-0.05, 0) is 36.5 Å². The molecule has 0 saturated carbocycles. The molecular formula is C19H24N2O4. The second-order valence-corrected chi connectivity index (χ2v) is 7.06. The molecule has 1 N–H and O–H groups in total. The van der Waals surface area contributed by atoms with Crippen LogP contribution in [0.5, 0.6) is 0 Å². The standard InChI is InChI=1S/C19H24N2O4/c1-12(2)10-15(22)16-17(13-5-7-20-8-6-13)21(19(24)18(16)23)11-14-4-3-9-25-14/h5-8,12,14,17,23H,3-4,9-11H2,1-2H3. The van der Waals surface area contributed by atoms with Crippen LogP contribution >= 0.6 is 0 Å². The van der Waals surface area contributed by atoms with E-state index in [9.17, 15) is 14.7 Å². The predicted octanol–water partition coefficient (Wildman–Crippen LogP) is 2.57. The van der Waals surface area contributed by atoms with Crippen LogP contribution in [0.2, 0.25) is 0 Å². The summed E-state index contributed by atoms with van der Waals surface area (Å²) in [5.41, 5.74) is 0.973. The molecule has 0 aliphatic carbocycles. The summed E-state index contributed by atoms with van der Waals surface area (Å²) in [5.74, 6) is -0.958. The Morgan fingerprint density at radius 3 is 2.72 bits per heavy atom. The molecule has 3 rings (SSSR count). The summed E-state index contributed by atoms with van der Waals surface area (Å²) in [5, 5.41) is 10.4. The number of carbonyl (C=O) groups excluding carboxylic acids is 2. The lowest BCUT2D eigenvalue weighted by molar-refractivity contribution is -0.131. The Bertz CT molecular complexity index is 678. The maximum Gasteiger partial charge on any atom is 0.290 e. The molecule has 1 saturated heterocycles. The van der Waals surface area contributed by atoms with Crippen molar-refractivity contribution in [1.82, 2.24) is 9.88 Å². The molecule has 1 aromatic heterocycles. The van der Waals surface area contributed by atoms with Gasteiger partial charge in [0.2, 0.25) is 0 Å². The van der Waals surface area contributed by atoms with Gasteiger partial charge in [0, 0.05) is 32.0 Å². The lowest BCUT2D eigenvalue weighted by atomic mass is 9.92. The number of carbonyl (C=O) groups is 2. The maximum atomic E-state index is 12.7. The first kappa shape index (κ1) is 17.6. The van der Waals surface area contributed by atoms with E-state index in [2.05, 4.69) is 4.98 Å². The van der Waals surface area contributed by atoms with Crippen molar-refractivity contribution in [1.29, 1.82) is 0 Å². The first-order valence-electron chi connectivity index (χ1n) is 8.78. The summed E-state index contributed by atoms with van der Waals surface area (Å²) in [6.07, 6.45) is 5.34. The zero-order chi connectivity index (χ0) is 18.0. The Morgan fingerprint density at radius 1 is 1.40 bits per heavy atom. The summed E-state index contributed by atoms with van der Waals surface area (Å²) >= 11 is 0. The molecule has 1 fully saturated rings. The van der Waals surface area contributed by atoms with E-state index < -0.39 is 17.7 Å². The van der Waals surface area contributed by atoms with Crippen molar-refractivity contribution in [2.75, 3.05) is 13.2 Å². The van der Waals surface area contributed by atoms with Crippen molar-refractivity contribution < 1.29 is 19.4 Å². The number of pyridine rings is 1. The van der Waals surface area contributed by atoms with E-state index in [0.29, 0.717) is 19.6 Å². The summed E-state index contributed by atoms with van der Waals surface area (Å²) < 4.78 is 5.65. The monoisotopic (exact) mass is 344 g/mol. The van der Waals surface area contributed by atoms with Gasteiger partial charge < -0.3 is 14.7 Å². The predicted molar refractivity (Wildman–Crippen MR) is 91.8 cm³/mol. The Kier molecular flexibility index (Phi) is 5.18. The molecule has 0 spiro atoms. The highest BCUT2D eigenvalue weighted by Gasteiger charge is 2.44. The zero-order valence-electron chi connectivity index (χ0n) is 14.6. The van der Waals surface area contributed by atoms with Crippen LogP contribution in [0.25, 0.3) is 0 Å². The molecule has 1 amide bonds. The molecule has 2 atom stereocenters. The number of ether oxygens (including phenoxy) is 1. The molecule has 2 aliphatic heterocycles. The first-order valence-corrected chi connectivity index (χ1v) is 8.78. The smallest absolute Gasteiger partial charge is 0.290 e. The van der Waals surface area contributed by atoms with Gasteiger partial charge in [0.25, 0.3) is 5.91 Å². The van der Waals surface area contributed by atoms with Gasteiger partial charge in [0.05, 0.1) is 17.7 Å². The van der Waals surface area contributed by atoms with Crippen LogP contribution in [0, 0.1) is 5.92 Å². The third kappa shape index (κ3) is 3.58. The van der Waals surface area contributed by atoms with Crippen molar-refractivity contribution in [3.05, 3.63) is 41.4 Å². The van der Waals surface area contributed by atoms with Crippen molar-refractivity contribution in [2.24, 2.45) is 5.92 Å². The SMILES string of the molecule is CC(C)CC(=O)C1=C(O)C(=O)N(CC2CCCO2)C1c1ccncc1. The van der Waals surface area contributed by atoms with E-state index in [1.165, 1.54) is 0 Å². The minimum atomic E-state index is -0.578. The largest absolute Gasteiger partial charge is 0.503 e. The number of aliphatic hydroxyl groups excluding tert-OH is 1. The topological polar surface area (TPSA) is 79.7 Å². The number of aliphatic hydroxyl groups is 1. The number of hydrogen-bond donors (Lipinski definition) is 1. The van der Waals surface area contributed by atoms with Gasteiger partial charge in [0.1, 0.15) is 0 Å². The molecule has 6 nitrogen and oxygen atoms in total. The number of aromatic nitrogens is 1. The number of rotatable bonds is 6. The number of amides is 1. The Labute approximate surface area is 147 Å². The van der Waals surface area contributed by atoms with E-state index in [4.69, 9.17) is 4.74 Å². The molecule has 0 aromatic carbocycles. The molecule has 3 heterocycles. The van der Waals surface area contributed by atoms with E-state index in [0.717, 1.165) is 18.4 Å². The molecule has 134 valence electrons. The van der Waals surface area contributed by atoms with Crippen LogP contribution in [0.1, 0.15) is 44.7 Å². The molecule has 25 heavy (non-hydrogen) atoms. The van der Waals surface area contributed by atoms with Crippen molar-refractivity contribution in [3.8, 4) is 0 Å². The first-order chi connectivity index (χ1) is 12.0. The average Bonchev–Trinajstić information content (AvgIpc) is 3.17. The van der Waals surface area contributed by atoms with Gasteiger partial charge >= 0.3 is 0 Å². The zero-order valence-corrected chi connectivity index (χ0v) is 14.6. The fourth-order valence-electron chi connectivity index (χ4n) is 3.51. The fraction of sp³-hybridized carbons (Fsp3) is 0.526. The fourth-order valence-corrected chi connectivity index (χ4v) is 3.51.